The van der Waals surface area contributed by atoms with Gasteiger partial charge in [-0.25, -0.2) is 0 Å². The minimum Gasteiger partial charge on any atom is -0.305 e. The molecule has 0 radical (unpaired) electrons. The summed E-state index contributed by atoms with van der Waals surface area (Å²) >= 11 is 8.85. The molecule has 0 saturated heterocycles. The molecule has 0 spiro atoms. The number of nitrogens with zero attached hydrogens (tertiary/aromatic N) is 2. The van der Waals surface area contributed by atoms with E-state index >= 15 is 0 Å². The molecule has 1 unspecified atom stereocenters. The molecule has 2 aromatic rings. The van der Waals surface area contributed by atoms with Gasteiger partial charge in [-0.15, -0.1) is 11.3 Å². The summed E-state index contributed by atoms with van der Waals surface area (Å²) in [4.78, 5) is 1.34. The van der Waals surface area contributed by atoms with Crippen LogP contribution in [0.5, 0.6) is 0 Å². The lowest BCUT2D eigenvalue weighted by Gasteiger charge is -2.23. The third-order valence-electron chi connectivity index (χ3n) is 3.59. The first-order valence-corrected chi connectivity index (χ1v) is 8.73. The highest BCUT2D eigenvalue weighted by Gasteiger charge is 2.23. The van der Waals surface area contributed by atoms with E-state index in [4.69, 9.17) is 0 Å². The van der Waals surface area contributed by atoms with Crippen molar-refractivity contribution in [3.05, 3.63) is 36.7 Å². The number of nitrogens with one attached hydrogen (secondary N) is 1. The molecule has 0 fully saturated rings. The van der Waals surface area contributed by atoms with E-state index in [0.717, 1.165) is 21.2 Å². The minimum absolute atomic E-state index is 0.442. The van der Waals surface area contributed by atoms with E-state index in [1.807, 2.05) is 17.9 Å². The number of hydrogen-bond donors (Lipinski definition) is 1. The number of aryl methyl sites for hydroxylation is 1. The predicted molar refractivity (Wildman–Crippen MR) is 85.4 cm³/mol. The molecule has 3 rings (SSSR count). The van der Waals surface area contributed by atoms with Crippen molar-refractivity contribution in [3.8, 4) is 0 Å². The Bertz CT molecular complexity index is 571. The van der Waals surface area contributed by atoms with Gasteiger partial charge in [0.25, 0.3) is 0 Å². The number of hydrogen-bond acceptors (Lipinski definition) is 3. The summed E-state index contributed by atoms with van der Waals surface area (Å²) in [6, 6.07) is 2.62. The predicted octanol–water partition coefficient (Wildman–Crippen LogP) is 4.17. The Morgan fingerprint density at radius 2 is 2.37 bits per heavy atom. The summed E-state index contributed by atoms with van der Waals surface area (Å²) in [5.74, 6) is 0. The van der Waals surface area contributed by atoms with Crippen molar-refractivity contribution in [2.45, 2.75) is 31.8 Å². The van der Waals surface area contributed by atoms with Crippen molar-refractivity contribution in [3.63, 3.8) is 0 Å². The van der Waals surface area contributed by atoms with Gasteiger partial charge in [0.15, 0.2) is 0 Å². The molecule has 1 N–H and O–H groups in total. The Balaban J connectivity index is 1.71. The monoisotopic (exact) mass is 403 g/mol. The van der Waals surface area contributed by atoms with Crippen LogP contribution in [0.25, 0.3) is 0 Å². The maximum Gasteiger partial charge on any atom is 0.0843 e. The van der Waals surface area contributed by atoms with Crippen LogP contribution in [-0.4, -0.2) is 9.78 Å². The van der Waals surface area contributed by atoms with Crippen LogP contribution in [0.15, 0.2) is 20.5 Å². The van der Waals surface area contributed by atoms with Gasteiger partial charge in [-0.2, -0.15) is 5.10 Å². The van der Waals surface area contributed by atoms with E-state index in [0.29, 0.717) is 6.04 Å². The van der Waals surface area contributed by atoms with Gasteiger partial charge >= 0.3 is 0 Å². The lowest BCUT2D eigenvalue weighted by molar-refractivity contribution is 0.453. The van der Waals surface area contributed by atoms with Gasteiger partial charge in [-0.1, -0.05) is 0 Å². The second-order valence-electron chi connectivity index (χ2n) is 4.83. The number of rotatable bonds is 3. The number of aromatic nitrogens is 2. The molecule has 1 aliphatic rings. The van der Waals surface area contributed by atoms with Crippen molar-refractivity contribution >= 4 is 43.2 Å². The minimum atomic E-state index is 0.442. The quantitative estimate of drug-likeness (QED) is 0.831. The van der Waals surface area contributed by atoms with Gasteiger partial charge in [0.2, 0.25) is 0 Å². The SMILES string of the molecule is Cn1ncc2c1CCCC2NCc1cc(Br)c(Br)s1. The van der Waals surface area contributed by atoms with E-state index in [2.05, 4.69) is 48.3 Å². The van der Waals surface area contributed by atoms with Crippen molar-refractivity contribution in [2.75, 3.05) is 0 Å². The maximum absolute atomic E-state index is 4.39. The number of halogens is 2. The zero-order valence-corrected chi connectivity index (χ0v) is 14.6. The van der Waals surface area contributed by atoms with Crippen LogP contribution in [0.4, 0.5) is 0 Å². The van der Waals surface area contributed by atoms with Crippen LogP contribution in [0.1, 0.15) is 35.0 Å². The summed E-state index contributed by atoms with van der Waals surface area (Å²) < 4.78 is 4.32. The summed E-state index contributed by atoms with van der Waals surface area (Å²) in [7, 11) is 2.04. The average molecular weight is 405 g/mol. The third kappa shape index (κ3) is 2.82. The summed E-state index contributed by atoms with van der Waals surface area (Å²) in [5, 5.41) is 8.05. The zero-order chi connectivity index (χ0) is 13.4. The fraction of sp³-hybridized carbons (Fsp3) is 0.462. The highest BCUT2D eigenvalue weighted by atomic mass is 79.9. The van der Waals surface area contributed by atoms with E-state index in [1.54, 1.807) is 11.3 Å². The number of thiophene rings is 1. The van der Waals surface area contributed by atoms with Crippen molar-refractivity contribution in [1.29, 1.82) is 0 Å². The Kier molecular flexibility index (Phi) is 4.12. The molecule has 2 aromatic heterocycles. The first-order chi connectivity index (χ1) is 9.15. The molecule has 0 saturated carbocycles. The average Bonchev–Trinajstić information content (AvgIpc) is 2.92. The van der Waals surface area contributed by atoms with E-state index in [-0.39, 0.29) is 0 Å². The Hall–Kier alpha value is -0.170. The summed E-state index contributed by atoms with van der Waals surface area (Å²) in [6.45, 7) is 0.911. The van der Waals surface area contributed by atoms with Crippen LogP contribution in [0, 0.1) is 0 Å². The van der Waals surface area contributed by atoms with Gasteiger partial charge in [-0.3, -0.25) is 4.68 Å². The largest absolute Gasteiger partial charge is 0.305 e. The van der Waals surface area contributed by atoms with Gasteiger partial charge in [-0.05, 0) is 57.2 Å². The molecule has 0 amide bonds. The highest BCUT2D eigenvalue weighted by Crippen LogP contribution is 2.34. The van der Waals surface area contributed by atoms with Crippen molar-refractivity contribution in [2.24, 2.45) is 7.05 Å². The second kappa shape index (κ2) is 5.68. The van der Waals surface area contributed by atoms with Gasteiger partial charge < -0.3 is 5.32 Å². The zero-order valence-electron chi connectivity index (χ0n) is 10.6. The molecule has 0 aromatic carbocycles. The van der Waals surface area contributed by atoms with Crippen LogP contribution >= 0.6 is 43.2 Å². The lowest BCUT2D eigenvalue weighted by atomic mass is 9.93. The summed E-state index contributed by atoms with van der Waals surface area (Å²) in [6.07, 6.45) is 5.61. The first kappa shape index (κ1) is 13.8. The smallest absolute Gasteiger partial charge is 0.0843 e. The van der Waals surface area contributed by atoms with E-state index in [9.17, 15) is 0 Å². The Labute approximate surface area is 133 Å². The molecular weight excluding hydrogens is 390 g/mol. The third-order valence-corrected chi connectivity index (χ3v) is 6.85. The number of fused-ring (bicyclic) bond motifs is 1. The molecule has 3 nitrogen and oxygen atoms in total. The Morgan fingerprint density at radius 3 is 3.11 bits per heavy atom. The topological polar surface area (TPSA) is 29.9 Å². The standard InChI is InChI=1S/C13H15Br2N3S/c1-18-12-4-2-3-11(9(12)7-17-18)16-6-8-5-10(14)13(15)19-8/h5,7,11,16H,2-4,6H2,1H3. The normalized spacial score (nSPS) is 18.6. The molecule has 0 bridgehead atoms. The lowest BCUT2D eigenvalue weighted by Crippen LogP contribution is -2.24. The van der Waals surface area contributed by atoms with Crippen LogP contribution in [0.2, 0.25) is 0 Å². The molecule has 6 heteroatoms. The van der Waals surface area contributed by atoms with Gasteiger partial charge in [0.05, 0.1) is 9.98 Å². The molecule has 2 heterocycles. The Morgan fingerprint density at radius 1 is 1.53 bits per heavy atom. The van der Waals surface area contributed by atoms with Crippen LogP contribution < -0.4 is 5.32 Å². The molecular formula is C13H15Br2N3S. The molecule has 1 aliphatic carbocycles. The maximum atomic E-state index is 4.39. The fourth-order valence-electron chi connectivity index (χ4n) is 2.62. The highest BCUT2D eigenvalue weighted by molar-refractivity contribution is 9.13. The second-order valence-corrected chi connectivity index (χ2v) is 8.14. The van der Waals surface area contributed by atoms with Crippen molar-refractivity contribution in [1.82, 2.24) is 15.1 Å². The molecule has 19 heavy (non-hydrogen) atoms. The van der Waals surface area contributed by atoms with Gasteiger partial charge in [0.1, 0.15) is 0 Å². The van der Waals surface area contributed by atoms with Crippen LogP contribution in [0.3, 0.4) is 0 Å². The van der Waals surface area contributed by atoms with E-state index in [1.165, 1.54) is 29.0 Å². The fourth-order valence-corrected chi connectivity index (χ4v) is 4.75. The van der Waals surface area contributed by atoms with Crippen LogP contribution in [-0.2, 0) is 20.0 Å². The molecule has 1 atom stereocenters. The summed E-state index contributed by atoms with van der Waals surface area (Å²) in [5.41, 5.74) is 2.76. The molecule has 0 aliphatic heterocycles. The van der Waals surface area contributed by atoms with E-state index < -0.39 is 0 Å². The van der Waals surface area contributed by atoms with Gasteiger partial charge in [0, 0.05) is 40.2 Å². The molecule has 102 valence electrons. The first-order valence-electron chi connectivity index (χ1n) is 6.33. The van der Waals surface area contributed by atoms with Crippen molar-refractivity contribution < 1.29 is 0 Å².